The molecule has 0 amide bonds. The van der Waals surface area contributed by atoms with Gasteiger partial charge in [0.15, 0.2) is 6.29 Å². The Labute approximate surface area is 74.5 Å². The molecule has 13 heavy (non-hydrogen) atoms. The fourth-order valence-corrected chi connectivity index (χ4v) is 0.828. The molecular weight excluding hydrogens is 174 g/mol. The molecule has 0 saturated carbocycles. The van der Waals surface area contributed by atoms with E-state index >= 15 is 0 Å². The van der Waals surface area contributed by atoms with Crippen molar-refractivity contribution in [1.29, 1.82) is 0 Å². The van der Waals surface area contributed by atoms with Crippen molar-refractivity contribution in [2.45, 2.75) is 6.92 Å². The lowest BCUT2D eigenvalue weighted by molar-refractivity contribution is 0.0506. The van der Waals surface area contributed by atoms with Crippen LogP contribution >= 0.6 is 0 Å². The van der Waals surface area contributed by atoms with Gasteiger partial charge in [-0.3, -0.25) is 4.79 Å². The lowest BCUT2D eigenvalue weighted by Crippen LogP contribution is -2.11. The van der Waals surface area contributed by atoms with E-state index in [9.17, 15) is 9.59 Å². The monoisotopic (exact) mass is 183 g/mol. The number of nitrogens with zero attached hydrogens (tertiary/aromatic N) is 3. The Kier molecular flexibility index (Phi) is 2.73. The standard InChI is InChI=1S/C7H9N3O3/c1-3-13-7(12)6-8-5(4-11)9-10(6)2/h4H,3H2,1-2H3. The number of hydrogen-bond donors (Lipinski definition) is 0. The van der Waals surface area contributed by atoms with Crippen LogP contribution in [0.2, 0.25) is 0 Å². The summed E-state index contributed by atoms with van der Waals surface area (Å²) in [5.74, 6) is -0.569. The molecule has 0 aliphatic heterocycles. The molecule has 0 N–H and O–H groups in total. The number of ether oxygens (including phenoxy) is 1. The number of carbonyl (C=O) groups excluding carboxylic acids is 2. The van der Waals surface area contributed by atoms with Crippen LogP contribution in [0, 0.1) is 0 Å². The van der Waals surface area contributed by atoms with Crippen LogP contribution in [0.1, 0.15) is 28.2 Å². The van der Waals surface area contributed by atoms with Crippen LogP contribution in [0.3, 0.4) is 0 Å². The van der Waals surface area contributed by atoms with Gasteiger partial charge in [-0.15, -0.1) is 5.10 Å². The summed E-state index contributed by atoms with van der Waals surface area (Å²) in [5.41, 5.74) is 0. The van der Waals surface area contributed by atoms with E-state index in [2.05, 4.69) is 14.8 Å². The maximum atomic E-state index is 11.1. The van der Waals surface area contributed by atoms with Gasteiger partial charge in [0, 0.05) is 7.05 Å². The van der Waals surface area contributed by atoms with Crippen molar-refractivity contribution in [3.8, 4) is 0 Å². The maximum absolute atomic E-state index is 11.1. The van der Waals surface area contributed by atoms with Gasteiger partial charge >= 0.3 is 5.97 Å². The first kappa shape index (κ1) is 9.37. The van der Waals surface area contributed by atoms with Crippen LogP contribution in [0.4, 0.5) is 0 Å². The third kappa shape index (κ3) is 1.90. The number of aldehydes is 1. The molecular formula is C7H9N3O3. The van der Waals surface area contributed by atoms with Gasteiger partial charge < -0.3 is 4.74 Å². The SMILES string of the molecule is CCOC(=O)c1nc(C=O)nn1C. The topological polar surface area (TPSA) is 74.1 Å². The van der Waals surface area contributed by atoms with E-state index in [1.54, 1.807) is 6.92 Å². The molecule has 0 spiro atoms. The smallest absolute Gasteiger partial charge is 0.376 e. The summed E-state index contributed by atoms with van der Waals surface area (Å²) >= 11 is 0. The normalized spacial score (nSPS) is 9.69. The first-order chi connectivity index (χ1) is 6.19. The van der Waals surface area contributed by atoms with Gasteiger partial charge in [0.25, 0.3) is 0 Å². The van der Waals surface area contributed by atoms with Gasteiger partial charge in [-0.2, -0.15) is 4.98 Å². The second-order valence-corrected chi connectivity index (χ2v) is 2.26. The van der Waals surface area contributed by atoms with Gasteiger partial charge in [-0.1, -0.05) is 0 Å². The Morgan fingerprint density at radius 2 is 2.38 bits per heavy atom. The van der Waals surface area contributed by atoms with Crippen molar-refractivity contribution < 1.29 is 14.3 Å². The van der Waals surface area contributed by atoms with E-state index in [0.717, 1.165) is 0 Å². The van der Waals surface area contributed by atoms with E-state index in [1.165, 1.54) is 11.7 Å². The molecule has 0 bridgehead atoms. The second kappa shape index (κ2) is 3.79. The van der Waals surface area contributed by atoms with Crippen LogP contribution in [-0.4, -0.2) is 33.6 Å². The van der Waals surface area contributed by atoms with Crippen LogP contribution in [-0.2, 0) is 11.8 Å². The highest BCUT2D eigenvalue weighted by molar-refractivity contribution is 5.86. The summed E-state index contributed by atoms with van der Waals surface area (Å²) in [7, 11) is 1.52. The van der Waals surface area contributed by atoms with Gasteiger partial charge in [0.2, 0.25) is 11.6 Å². The zero-order valence-corrected chi connectivity index (χ0v) is 7.35. The van der Waals surface area contributed by atoms with E-state index in [0.29, 0.717) is 6.29 Å². The fourth-order valence-electron chi connectivity index (χ4n) is 0.828. The molecule has 0 saturated heterocycles. The predicted octanol–water partition coefficient (Wildman–Crippen LogP) is -0.196. The second-order valence-electron chi connectivity index (χ2n) is 2.26. The number of aromatic nitrogens is 3. The van der Waals surface area contributed by atoms with Crippen molar-refractivity contribution in [3.05, 3.63) is 11.6 Å². The zero-order chi connectivity index (χ0) is 9.84. The number of hydrogen-bond acceptors (Lipinski definition) is 5. The van der Waals surface area contributed by atoms with Crippen LogP contribution < -0.4 is 0 Å². The third-order valence-electron chi connectivity index (χ3n) is 1.34. The van der Waals surface area contributed by atoms with E-state index < -0.39 is 5.97 Å². The van der Waals surface area contributed by atoms with E-state index in [4.69, 9.17) is 0 Å². The molecule has 0 aliphatic carbocycles. The quantitative estimate of drug-likeness (QED) is 0.479. The number of esters is 1. The van der Waals surface area contributed by atoms with Gasteiger partial charge in [0.05, 0.1) is 6.61 Å². The fraction of sp³-hybridized carbons (Fsp3) is 0.429. The van der Waals surface area contributed by atoms with E-state index in [-0.39, 0.29) is 18.3 Å². The first-order valence-corrected chi connectivity index (χ1v) is 3.72. The molecule has 0 fully saturated rings. The van der Waals surface area contributed by atoms with Gasteiger partial charge in [-0.05, 0) is 6.92 Å². The minimum atomic E-state index is -0.578. The average Bonchev–Trinajstić information content (AvgIpc) is 2.47. The van der Waals surface area contributed by atoms with E-state index in [1.807, 2.05) is 0 Å². The Balaban J connectivity index is 2.93. The summed E-state index contributed by atoms with van der Waals surface area (Å²) in [4.78, 5) is 25.1. The molecule has 1 rings (SSSR count). The first-order valence-electron chi connectivity index (χ1n) is 3.72. The predicted molar refractivity (Wildman–Crippen MR) is 42.3 cm³/mol. The summed E-state index contributed by atoms with van der Waals surface area (Å²) < 4.78 is 5.90. The Morgan fingerprint density at radius 1 is 1.69 bits per heavy atom. The highest BCUT2D eigenvalue weighted by atomic mass is 16.5. The largest absolute Gasteiger partial charge is 0.460 e. The Morgan fingerprint density at radius 3 is 2.85 bits per heavy atom. The van der Waals surface area contributed by atoms with Crippen molar-refractivity contribution >= 4 is 12.3 Å². The Hall–Kier alpha value is -1.72. The van der Waals surface area contributed by atoms with Gasteiger partial charge in [-0.25, -0.2) is 9.48 Å². The minimum Gasteiger partial charge on any atom is -0.460 e. The van der Waals surface area contributed by atoms with Crippen molar-refractivity contribution in [2.75, 3.05) is 6.61 Å². The van der Waals surface area contributed by atoms with Crippen molar-refractivity contribution in [1.82, 2.24) is 14.8 Å². The summed E-state index contributed by atoms with van der Waals surface area (Å²) in [5, 5.41) is 3.67. The molecule has 1 heterocycles. The third-order valence-corrected chi connectivity index (χ3v) is 1.34. The highest BCUT2D eigenvalue weighted by Crippen LogP contribution is 1.97. The molecule has 0 unspecified atom stereocenters. The molecule has 0 radical (unpaired) electrons. The molecule has 0 atom stereocenters. The average molecular weight is 183 g/mol. The van der Waals surface area contributed by atoms with Crippen LogP contribution in [0.15, 0.2) is 0 Å². The van der Waals surface area contributed by atoms with Gasteiger partial charge in [0.1, 0.15) is 0 Å². The highest BCUT2D eigenvalue weighted by Gasteiger charge is 2.15. The van der Waals surface area contributed by atoms with Crippen LogP contribution in [0.5, 0.6) is 0 Å². The molecule has 1 aromatic rings. The summed E-state index contributed by atoms with van der Waals surface area (Å²) in [6.07, 6.45) is 0.475. The molecule has 0 aromatic carbocycles. The molecule has 0 aliphatic rings. The molecule has 70 valence electrons. The lowest BCUT2D eigenvalue weighted by atomic mass is 10.6. The maximum Gasteiger partial charge on any atom is 0.376 e. The number of carbonyl (C=O) groups is 2. The molecule has 6 nitrogen and oxygen atoms in total. The minimum absolute atomic E-state index is 0.0226. The summed E-state index contributed by atoms with van der Waals surface area (Å²) in [6.45, 7) is 1.96. The zero-order valence-electron chi connectivity index (χ0n) is 7.35. The molecule has 1 aromatic heterocycles. The summed E-state index contributed by atoms with van der Waals surface area (Å²) in [6, 6.07) is 0. The number of rotatable bonds is 3. The number of aryl methyl sites for hydroxylation is 1. The Bertz CT molecular complexity index is 332. The van der Waals surface area contributed by atoms with Crippen molar-refractivity contribution in [2.24, 2.45) is 7.05 Å². The van der Waals surface area contributed by atoms with Crippen LogP contribution in [0.25, 0.3) is 0 Å². The molecule has 6 heteroatoms. The van der Waals surface area contributed by atoms with Crippen molar-refractivity contribution in [3.63, 3.8) is 0 Å². The lowest BCUT2D eigenvalue weighted by Gasteiger charge is -1.98.